The molecular weight excluding hydrogens is 198 g/mol. The standard InChI is InChI=1S/C10H9NO2S/c12-8-6-14-10(11-8)9(13)7-4-2-1-3-5-7/h1-5,13H,6H2,(H,11,12). The molecule has 0 saturated carbocycles. The van der Waals surface area contributed by atoms with E-state index in [9.17, 15) is 9.90 Å². The Hall–Kier alpha value is -1.42. The van der Waals surface area contributed by atoms with E-state index in [0.29, 0.717) is 10.8 Å². The van der Waals surface area contributed by atoms with Crippen molar-refractivity contribution in [1.29, 1.82) is 0 Å². The maximum Gasteiger partial charge on any atom is 0.235 e. The number of carbonyl (C=O) groups excluding carboxylic acids is 1. The summed E-state index contributed by atoms with van der Waals surface area (Å²) >= 11 is 1.32. The number of rotatable bonds is 1. The highest BCUT2D eigenvalue weighted by Crippen LogP contribution is 2.26. The van der Waals surface area contributed by atoms with Crippen molar-refractivity contribution in [3.05, 3.63) is 40.9 Å². The van der Waals surface area contributed by atoms with Crippen molar-refractivity contribution in [3.8, 4) is 0 Å². The van der Waals surface area contributed by atoms with Gasteiger partial charge in [0.25, 0.3) is 0 Å². The van der Waals surface area contributed by atoms with E-state index in [1.165, 1.54) is 11.8 Å². The first-order chi connectivity index (χ1) is 6.77. The number of aliphatic hydroxyl groups is 1. The van der Waals surface area contributed by atoms with Gasteiger partial charge >= 0.3 is 0 Å². The van der Waals surface area contributed by atoms with Gasteiger partial charge < -0.3 is 10.4 Å². The van der Waals surface area contributed by atoms with Gasteiger partial charge in [-0.2, -0.15) is 0 Å². The monoisotopic (exact) mass is 207 g/mol. The molecule has 1 saturated heterocycles. The highest BCUT2D eigenvalue weighted by molar-refractivity contribution is 8.04. The zero-order valence-electron chi connectivity index (χ0n) is 7.36. The summed E-state index contributed by atoms with van der Waals surface area (Å²) in [6.07, 6.45) is 0. The normalized spacial score (nSPS) is 19.3. The maximum absolute atomic E-state index is 10.9. The van der Waals surface area contributed by atoms with Gasteiger partial charge in [0.05, 0.1) is 5.75 Å². The van der Waals surface area contributed by atoms with E-state index in [-0.39, 0.29) is 11.7 Å². The number of amides is 1. The number of aliphatic hydroxyl groups excluding tert-OH is 1. The van der Waals surface area contributed by atoms with E-state index in [1.54, 1.807) is 12.1 Å². The number of thioether (sulfide) groups is 1. The third-order valence-electron chi connectivity index (χ3n) is 1.86. The van der Waals surface area contributed by atoms with Crippen LogP contribution in [0.25, 0.3) is 5.76 Å². The Balaban J connectivity index is 2.31. The van der Waals surface area contributed by atoms with E-state index in [4.69, 9.17) is 0 Å². The predicted molar refractivity (Wildman–Crippen MR) is 56.6 cm³/mol. The van der Waals surface area contributed by atoms with Crippen LogP contribution in [0.15, 0.2) is 35.4 Å². The van der Waals surface area contributed by atoms with Gasteiger partial charge in [0.1, 0.15) is 5.03 Å². The Kier molecular flexibility index (Phi) is 2.45. The molecule has 1 aliphatic heterocycles. The van der Waals surface area contributed by atoms with Crippen molar-refractivity contribution >= 4 is 23.4 Å². The zero-order chi connectivity index (χ0) is 9.97. The Labute approximate surface area is 85.8 Å². The van der Waals surface area contributed by atoms with Crippen LogP contribution in [0.1, 0.15) is 5.56 Å². The molecule has 1 aromatic carbocycles. The summed E-state index contributed by atoms with van der Waals surface area (Å²) in [6, 6.07) is 9.16. The molecule has 0 radical (unpaired) electrons. The molecule has 0 unspecified atom stereocenters. The van der Waals surface area contributed by atoms with E-state index in [1.807, 2.05) is 18.2 Å². The molecule has 0 aliphatic carbocycles. The fourth-order valence-corrected chi connectivity index (χ4v) is 1.98. The van der Waals surface area contributed by atoms with Gasteiger partial charge in [-0.15, -0.1) is 0 Å². The fraction of sp³-hybridized carbons (Fsp3) is 0.100. The van der Waals surface area contributed by atoms with Gasteiger partial charge in [-0.3, -0.25) is 4.79 Å². The molecule has 2 rings (SSSR count). The smallest absolute Gasteiger partial charge is 0.235 e. The summed E-state index contributed by atoms with van der Waals surface area (Å²) in [6.45, 7) is 0. The molecule has 1 amide bonds. The molecule has 0 aromatic heterocycles. The molecular formula is C10H9NO2S. The zero-order valence-corrected chi connectivity index (χ0v) is 8.17. The van der Waals surface area contributed by atoms with Crippen molar-refractivity contribution in [2.24, 2.45) is 0 Å². The van der Waals surface area contributed by atoms with Crippen molar-refractivity contribution in [2.75, 3.05) is 5.75 Å². The summed E-state index contributed by atoms with van der Waals surface area (Å²) in [5.74, 6) is 0.459. The van der Waals surface area contributed by atoms with Crippen LogP contribution in [-0.2, 0) is 4.79 Å². The summed E-state index contributed by atoms with van der Waals surface area (Å²) in [7, 11) is 0. The van der Waals surface area contributed by atoms with E-state index < -0.39 is 0 Å². The van der Waals surface area contributed by atoms with Crippen LogP contribution in [0, 0.1) is 0 Å². The second-order valence-electron chi connectivity index (χ2n) is 2.88. The summed E-state index contributed by atoms with van der Waals surface area (Å²) in [4.78, 5) is 10.9. The largest absolute Gasteiger partial charge is 0.505 e. The molecule has 0 bridgehead atoms. The number of hydrogen-bond donors (Lipinski definition) is 2. The van der Waals surface area contributed by atoms with Crippen molar-refractivity contribution in [2.45, 2.75) is 0 Å². The first kappa shape index (κ1) is 9.15. The Morgan fingerprint density at radius 1 is 1.36 bits per heavy atom. The molecule has 1 aliphatic rings. The van der Waals surface area contributed by atoms with Crippen LogP contribution in [0.3, 0.4) is 0 Å². The lowest BCUT2D eigenvalue weighted by Gasteiger charge is -2.03. The third kappa shape index (κ3) is 1.75. The van der Waals surface area contributed by atoms with Crippen molar-refractivity contribution < 1.29 is 9.90 Å². The van der Waals surface area contributed by atoms with Crippen LogP contribution in [0.5, 0.6) is 0 Å². The lowest BCUT2D eigenvalue weighted by molar-refractivity contribution is -0.117. The quantitative estimate of drug-likeness (QED) is 0.689. The van der Waals surface area contributed by atoms with Gasteiger partial charge in [-0.1, -0.05) is 42.1 Å². The van der Waals surface area contributed by atoms with Crippen LogP contribution in [0.2, 0.25) is 0 Å². The molecule has 1 aromatic rings. The van der Waals surface area contributed by atoms with Crippen molar-refractivity contribution in [1.82, 2.24) is 5.32 Å². The van der Waals surface area contributed by atoms with Gasteiger partial charge in [-0.05, 0) is 0 Å². The SMILES string of the molecule is O=C1CSC(=C(O)c2ccccc2)N1. The number of nitrogens with one attached hydrogen (secondary N) is 1. The minimum absolute atomic E-state index is 0.0625. The molecule has 4 heteroatoms. The van der Waals surface area contributed by atoms with Crippen LogP contribution >= 0.6 is 11.8 Å². The molecule has 1 heterocycles. The van der Waals surface area contributed by atoms with Crippen molar-refractivity contribution in [3.63, 3.8) is 0 Å². The first-order valence-electron chi connectivity index (χ1n) is 4.18. The van der Waals surface area contributed by atoms with Gasteiger partial charge in [0, 0.05) is 5.56 Å². The average molecular weight is 207 g/mol. The number of hydrogen-bond acceptors (Lipinski definition) is 3. The molecule has 3 nitrogen and oxygen atoms in total. The summed E-state index contributed by atoms with van der Waals surface area (Å²) in [5, 5.41) is 12.9. The number of carbonyl (C=O) groups is 1. The van der Waals surface area contributed by atoms with E-state index in [0.717, 1.165) is 5.56 Å². The van der Waals surface area contributed by atoms with Gasteiger partial charge in [-0.25, -0.2) is 0 Å². The second kappa shape index (κ2) is 3.75. The highest BCUT2D eigenvalue weighted by atomic mass is 32.2. The molecule has 14 heavy (non-hydrogen) atoms. The lowest BCUT2D eigenvalue weighted by Crippen LogP contribution is -2.15. The summed E-state index contributed by atoms with van der Waals surface area (Å²) in [5.41, 5.74) is 0.720. The lowest BCUT2D eigenvalue weighted by atomic mass is 10.2. The third-order valence-corrected chi connectivity index (χ3v) is 2.85. The topological polar surface area (TPSA) is 49.3 Å². The molecule has 0 spiro atoms. The number of benzene rings is 1. The van der Waals surface area contributed by atoms with E-state index >= 15 is 0 Å². The van der Waals surface area contributed by atoms with Crippen LogP contribution in [-0.4, -0.2) is 16.8 Å². The van der Waals surface area contributed by atoms with Gasteiger partial charge in [0.2, 0.25) is 5.91 Å². The van der Waals surface area contributed by atoms with Crippen LogP contribution in [0.4, 0.5) is 0 Å². The second-order valence-corrected chi connectivity index (χ2v) is 3.87. The fourth-order valence-electron chi connectivity index (χ4n) is 1.19. The highest BCUT2D eigenvalue weighted by Gasteiger charge is 2.19. The summed E-state index contributed by atoms with van der Waals surface area (Å²) < 4.78 is 0. The Bertz CT molecular complexity index is 386. The Morgan fingerprint density at radius 2 is 2.07 bits per heavy atom. The minimum atomic E-state index is -0.0625. The first-order valence-corrected chi connectivity index (χ1v) is 5.17. The minimum Gasteiger partial charge on any atom is -0.505 e. The van der Waals surface area contributed by atoms with Crippen LogP contribution < -0.4 is 5.32 Å². The Morgan fingerprint density at radius 3 is 2.64 bits per heavy atom. The predicted octanol–water partition coefficient (Wildman–Crippen LogP) is 1.73. The molecule has 0 atom stereocenters. The van der Waals surface area contributed by atoms with E-state index in [2.05, 4.69) is 5.32 Å². The molecule has 1 fully saturated rings. The molecule has 72 valence electrons. The van der Waals surface area contributed by atoms with Gasteiger partial charge in [0.15, 0.2) is 5.76 Å². The molecule has 2 N–H and O–H groups in total. The average Bonchev–Trinajstić information content (AvgIpc) is 2.65. The maximum atomic E-state index is 10.9.